The summed E-state index contributed by atoms with van der Waals surface area (Å²) in [6.07, 6.45) is 2.12. The zero-order valence-electron chi connectivity index (χ0n) is 10.4. The second kappa shape index (κ2) is 5.82. The molecule has 0 saturated carbocycles. The summed E-state index contributed by atoms with van der Waals surface area (Å²) in [7, 11) is 0. The first-order chi connectivity index (χ1) is 8.31. The number of benzene rings is 1. The van der Waals surface area contributed by atoms with E-state index in [-0.39, 0.29) is 0 Å². The van der Waals surface area contributed by atoms with Crippen molar-refractivity contribution in [1.29, 1.82) is 0 Å². The van der Waals surface area contributed by atoms with Crippen LogP contribution in [0.4, 0.5) is 5.69 Å². The number of hydrogen-bond donors (Lipinski definition) is 1. The zero-order valence-corrected chi connectivity index (χ0v) is 11.2. The van der Waals surface area contributed by atoms with Crippen LogP contribution in [0, 0.1) is 6.92 Å². The Balaban J connectivity index is 1.92. The molecule has 0 aliphatic heterocycles. The molecule has 2 nitrogen and oxygen atoms in total. The second-order valence-corrected chi connectivity index (χ2v) is 4.99. The highest BCUT2D eigenvalue weighted by Crippen LogP contribution is 2.17. The van der Waals surface area contributed by atoms with Gasteiger partial charge in [-0.05, 0) is 25.0 Å². The molecule has 0 saturated heterocycles. The molecule has 3 heteroatoms. The first kappa shape index (κ1) is 12.1. The summed E-state index contributed by atoms with van der Waals surface area (Å²) in [5.74, 6) is 0. The SMILES string of the molecule is CCc1ccccc1NCCc1scnc1C. The molecule has 0 aliphatic carbocycles. The predicted octanol–water partition coefficient (Wildman–Crippen LogP) is 3.67. The minimum absolute atomic E-state index is 0.972. The van der Waals surface area contributed by atoms with Gasteiger partial charge in [-0.3, -0.25) is 0 Å². The number of hydrogen-bond acceptors (Lipinski definition) is 3. The van der Waals surface area contributed by atoms with E-state index >= 15 is 0 Å². The van der Waals surface area contributed by atoms with Gasteiger partial charge < -0.3 is 5.32 Å². The number of aromatic nitrogens is 1. The van der Waals surface area contributed by atoms with Crippen molar-refractivity contribution in [2.24, 2.45) is 0 Å². The van der Waals surface area contributed by atoms with Crippen molar-refractivity contribution in [3.8, 4) is 0 Å². The molecule has 0 unspecified atom stereocenters. The molecule has 0 atom stereocenters. The van der Waals surface area contributed by atoms with E-state index in [1.54, 1.807) is 11.3 Å². The minimum Gasteiger partial charge on any atom is -0.384 e. The van der Waals surface area contributed by atoms with Crippen molar-refractivity contribution < 1.29 is 0 Å². The quantitative estimate of drug-likeness (QED) is 0.870. The van der Waals surface area contributed by atoms with Crippen molar-refractivity contribution in [2.45, 2.75) is 26.7 Å². The van der Waals surface area contributed by atoms with Crippen LogP contribution in [0.2, 0.25) is 0 Å². The topological polar surface area (TPSA) is 24.9 Å². The molecule has 17 heavy (non-hydrogen) atoms. The van der Waals surface area contributed by atoms with Crippen molar-refractivity contribution >= 4 is 17.0 Å². The lowest BCUT2D eigenvalue weighted by molar-refractivity contribution is 1.01. The van der Waals surface area contributed by atoms with Crippen LogP contribution >= 0.6 is 11.3 Å². The van der Waals surface area contributed by atoms with Gasteiger partial charge in [-0.15, -0.1) is 11.3 Å². The monoisotopic (exact) mass is 246 g/mol. The highest BCUT2D eigenvalue weighted by molar-refractivity contribution is 7.09. The summed E-state index contributed by atoms with van der Waals surface area (Å²) in [5, 5.41) is 3.51. The Bertz CT molecular complexity index is 477. The largest absolute Gasteiger partial charge is 0.384 e. The fourth-order valence-corrected chi connectivity index (χ4v) is 2.66. The summed E-state index contributed by atoms with van der Waals surface area (Å²) < 4.78 is 0. The molecule has 0 aliphatic rings. The smallest absolute Gasteiger partial charge is 0.0797 e. The van der Waals surface area contributed by atoms with Crippen LogP contribution in [-0.2, 0) is 12.8 Å². The maximum absolute atomic E-state index is 4.27. The van der Waals surface area contributed by atoms with Gasteiger partial charge in [0.2, 0.25) is 0 Å². The van der Waals surface area contributed by atoms with Crippen molar-refractivity contribution in [3.05, 3.63) is 45.9 Å². The number of nitrogens with zero attached hydrogens (tertiary/aromatic N) is 1. The van der Waals surface area contributed by atoms with E-state index in [0.29, 0.717) is 0 Å². The standard InChI is InChI=1S/C14H18N2S/c1-3-12-6-4-5-7-13(12)15-9-8-14-11(2)16-10-17-14/h4-7,10,15H,3,8-9H2,1-2H3. The van der Waals surface area contributed by atoms with E-state index in [4.69, 9.17) is 0 Å². The maximum atomic E-state index is 4.27. The average Bonchev–Trinajstić information content (AvgIpc) is 2.76. The van der Waals surface area contributed by atoms with Gasteiger partial charge >= 0.3 is 0 Å². The van der Waals surface area contributed by atoms with E-state index in [9.17, 15) is 0 Å². The number of aryl methyl sites for hydroxylation is 2. The molecule has 1 aromatic heterocycles. The molecular weight excluding hydrogens is 228 g/mol. The lowest BCUT2D eigenvalue weighted by Gasteiger charge is -2.10. The molecule has 2 aromatic rings. The van der Waals surface area contributed by atoms with Crippen LogP contribution in [0.25, 0.3) is 0 Å². The van der Waals surface area contributed by atoms with Gasteiger partial charge in [-0.1, -0.05) is 25.1 Å². The van der Waals surface area contributed by atoms with Crippen molar-refractivity contribution in [1.82, 2.24) is 4.98 Å². The Morgan fingerprint density at radius 1 is 1.29 bits per heavy atom. The van der Waals surface area contributed by atoms with Gasteiger partial charge in [-0.2, -0.15) is 0 Å². The van der Waals surface area contributed by atoms with Gasteiger partial charge in [0, 0.05) is 23.5 Å². The van der Waals surface area contributed by atoms with Crippen molar-refractivity contribution in [2.75, 3.05) is 11.9 Å². The van der Waals surface area contributed by atoms with Crippen LogP contribution in [0.1, 0.15) is 23.1 Å². The molecule has 0 spiro atoms. The summed E-state index contributed by atoms with van der Waals surface area (Å²) in [6, 6.07) is 8.51. The number of anilines is 1. The van der Waals surface area contributed by atoms with Crippen LogP contribution in [-0.4, -0.2) is 11.5 Å². The molecule has 90 valence electrons. The van der Waals surface area contributed by atoms with E-state index in [1.165, 1.54) is 21.8 Å². The lowest BCUT2D eigenvalue weighted by atomic mass is 10.1. The lowest BCUT2D eigenvalue weighted by Crippen LogP contribution is -2.06. The molecule has 0 radical (unpaired) electrons. The highest BCUT2D eigenvalue weighted by Gasteiger charge is 2.02. The average molecular weight is 246 g/mol. The summed E-state index contributed by atoms with van der Waals surface area (Å²) >= 11 is 1.74. The third kappa shape index (κ3) is 3.07. The van der Waals surface area contributed by atoms with Gasteiger partial charge in [0.05, 0.1) is 11.2 Å². The maximum Gasteiger partial charge on any atom is 0.0797 e. The minimum atomic E-state index is 0.972. The molecule has 2 rings (SSSR count). The fourth-order valence-electron chi connectivity index (χ4n) is 1.88. The van der Waals surface area contributed by atoms with Crippen LogP contribution in [0.5, 0.6) is 0 Å². The molecule has 1 N–H and O–H groups in total. The fraction of sp³-hybridized carbons (Fsp3) is 0.357. The number of para-hydroxylation sites is 1. The number of thiazole rings is 1. The summed E-state index contributed by atoms with van der Waals surface area (Å²) in [4.78, 5) is 5.65. The van der Waals surface area contributed by atoms with Gasteiger partial charge in [0.1, 0.15) is 0 Å². The highest BCUT2D eigenvalue weighted by atomic mass is 32.1. The first-order valence-corrected chi connectivity index (χ1v) is 6.90. The Morgan fingerprint density at radius 3 is 2.82 bits per heavy atom. The Labute approximate surface area is 107 Å². The Kier molecular flexibility index (Phi) is 4.15. The summed E-state index contributed by atoms with van der Waals surface area (Å²) in [5.41, 5.74) is 5.73. The van der Waals surface area contributed by atoms with Gasteiger partial charge in [-0.25, -0.2) is 4.98 Å². The number of nitrogens with one attached hydrogen (secondary N) is 1. The van der Waals surface area contributed by atoms with E-state index in [0.717, 1.165) is 19.4 Å². The molecule has 0 fully saturated rings. The second-order valence-electron chi connectivity index (χ2n) is 4.05. The van der Waals surface area contributed by atoms with Crippen LogP contribution in [0.15, 0.2) is 29.8 Å². The normalized spacial score (nSPS) is 10.5. The van der Waals surface area contributed by atoms with Gasteiger partial charge in [0.25, 0.3) is 0 Å². The molecule has 0 bridgehead atoms. The Hall–Kier alpha value is -1.35. The van der Waals surface area contributed by atoms with E-state index < -0.39 is 0 Å². The molecule has 1 heterocycles. The molecular formula is C14H18N2S. The van der Waals surface area contributed by atoms with Crippen LogP contribution < -0.4 is 5.32 Å². The van der Waals surface area contributed by atoms with Gasteiger partial charge in [0.15, 0.2) is 0 Å². The number of rotatable bonds is 5. The Morgan fingerprint density at radius 2 is 2.12 bits per heavy atom. The van der Waals surface area contributed by atoms with Crippen LogP contribution in [0.3, 0.4) is 0 Å². The van der Waals surface area contributed by atoms with Crippen molar-refractivity contribution in [3.63, 3.8) is 0 Å². The third-order valence-electron chi connectivity index (χ3n) is 2.91. The predicted molar refractivity (Wildman–Crippen MR) is 74.9 cm³/mol. The van der Waals surface area contributed by atoms with E-state index in [1.807, 2.05) is 5.51 Å². The van der Waals surface area contributed by atoms with E-state index in [2.05, 4.69) is 48.4 Å². The third-order valence-corrected chi connectivity index (χ3v) is 3.91. The zero-order chi connectivity index (χ0) is 12.1. The molecule has 1 aromatic carbocycles. The first-order valence-electron chi connectivity index (χ1n) is 6.02. The molecule has 0 amide bonds. The summed E-state index contributed by atoms with van der Waals surface area (Å²) in [6.45, 7) is 5.24.